The van der Waals surface area contributed by atoms with Crippen LogP contribution in [0.3, 0.4) is 0 Å². The summed E-state index contributed by atoms with van der Waals surface area (Å²) < 4.78 is 0. The lowest BCUT2D eigenvalue weighted by atomic mass is 10.1. The van der Waals surface area contributed by atoms with Crippen molar-refractivity contribution in [1.82, 2.24) is 20.2 Å². The highest BCUT2D eigenvalue weighted by molar-refractivity contribution is 5.69. The quantitative estimate of drug-likeness (QED) is 0.719. The molecule has 0 spiro atoms. The van der Waals surface area contributed by atoms with Gasteiger partial charge in [0.25, 0.3) is 0 Å². The third kappa shape index (κ3) is 3.51. The number of hydrogen-bond acceptors (Lipinski definition) is 6. The molecule has 0 fully saturated rings. The summed E-state index contributed by atoms with van der Waals surface area (Å²) in [6.45, 7) is 4.77. The highest BCUT2D eigenvalue weighted by Gasteiger charge is 2.30. The minimum Gasteiger partial charge on any atom is -0.364 e. The summed E-state index contributed by atoms with van der Waals surface area (Å²) in [6.07, 6.45) is 9.12. The van der Waals surface area contributed by atoms with Gasteiger partial charge in [-0.15, -0.1) is 0 Å². The van der Waals surface area contributed by atoms with Crippen LogP contribution in [0, 0.1) is 0 Å². The van der Waals surface area contributed by atoms with E-state index in [9.17, 15) is 0 Å². The Hall–Kier alpha value is -3.12. The molecule has 2 aliphatic rings. The van der Waals surface area contributed by atoms with E-state index in [-0.39, 0.29) is 12.2 Å². The van der Waals surface area contributed by atoms with E-state index < -0.39 is 0 Å². The minimum atomic E-state index is 0.0811. The number of rotatable bonds is 6. The SMILES string of the molecule is CCC(Nc1nccc(C2=C(C)NC3C=C(CN)C=CN23)n1)c1ccccc1. The molecule has 28 heavy (non-hydrogen) atoms. The number of benzene rings is 1. The number of hydrogen-bond donors (Lipinski definition) is 3. The molecule has 0 saturated heterocycles. The average molecular weight is 374 g/mol. The number of nitrogens with two attached hydrogens (primary N) is 1. The molecule has 2 aromatic rings. The standard InChI is InChI=1S/C22H26N6/c1-3-18(17-7-5-4-6-8-17)26-22-24-11-9-19(27-22)21-15(2)25-20-13-16(14-23)10-12-28(20)21/h4-13,18,20,25H,3,14,23H2,1-2H3,(H,24,26,27). The fourth-order valence-electron chi connectivity index (χ4n) is 3.70. The number of aromatic nitrogens is 2. The van der Waals surface area contributed by atoms with Crippen molar-refractivity contribution in [1.29, 1.82) is 0 Å². The van der Waals surface area contributed by atoms with E-state index >= 15 is 0 Å². The predicted molar refractivity (Wildman–Crippen MR) is 113 cm³/mol. The molecular formula is C22H26N6. The largest absolute Gasteiger partial charge is 0.364 e. The first kappa shape index (κ1) is 18.3. The maximum Gasteiger partial charge on any atom is 0.223 e. The zero-order valence-electron chi connectivity index (χ0n) is 16.3. The van der Waals surface area contributed by atoms with Gasteiger partial charge in [0.15, 0.2) is 0 Å². The zero-order valence-corrected chi connectivity index (χ0v) is 16.3. The minimum absolute atomic E-state index is 0.0811. The number of anilines is 1. The van der Waals surface area contributed by atoms with E-state index in [1.54, 1.807) is 0 Å². The number of nitrogens with one attached hydrogen (secondary N) is 2. The Balaban J connectivity index is 1.58. The van der Waals surface area contributed by atoms with Gasteiger partial charge in [-0.1, -0.05) is 37.3 Å². The average Bonchev–Trinajstić information content (AvgIpc) is 3.07. The van der Waals surface area contributed by atoms with Crippen LogP contribution in [0.1, 0.15) is 37.6 Å². The molecule has 0 aliphatic carbocycles. The number of allylic oxidation sites excluding steroid dienone is 1. The lowest BCUT2D eigenvalue weighted by molar-refractivity contribution is 0.434. The molecule has 4 N–H and O–H groups in total. The molecule has 2 atom stereocenters. The van der Waals surface area contributed by atoms with Crippen LogP contribution in [0.25, 0.3) is 5.70 Å². The molecule has 0 amide bonds. The van der Waals surface area contributed by atoms with Crippen LogP contribution in [0.2, 0.25) is 0 Å². The summed E-state index contributed by atoms with van der Waals surface area (Å²) in [7, 11) is 0. The van der Waals surface area contributed by atoms with Crippen molar-refractivity contribution in [2.45, 2.75) is 32.5 Å². The normalized spacial score (nSPS) is 19.2. The van der Waals surface area contributed by atoms with Crippen LogP contribution >= 0.6 is 0 Å². The Morgan fingerprint density at radius 1 is 1.25 bits per heavy atom. The lowest BCUT2D eigenvalue weighted by Gasteiger charge is -2.27. The lowest BCUT2D eigenvalue weighted by Crippen LogP contribution is -2.34. The van der Waals surface area contributed by atoms with Crippen LogP contribution in [0.4, 0.5) is 5.95 Å². The molecule has 2 aliphatic heterocycles. The van der Waals surface area contributed by atoms with Crippen molar-refractivity contribution >= 4 is 11.6 Å². The number of fused-ring (bicyclic) bond motifs is 1. The first-order valence-corrected chi connectivity index (χ1v) is 9.69. The van der Waals surface area contributed by atoms with Gasteiger partial charge >= 0.3 is 0 Å². The van der Waals surface area contributed by atoms with Crippen LogP contribution < -0.4 is 16.4 Å². The summed E-state index contributed by atoms with van der Waals surface area (Å²) in [4.78, 5) is 11.4. The Bertz CT molecular complexity index is 931. The fraction of sp³-hybridized carbons (Fsp3) is 0.273. The molecule has 0 radical (unpaired) electrons. The van der Waals surface area contributed by atoms with Crippen molar-refractivity contribution in [2.24, 2.45) is 5.73 Å². The van der Waals surface area contributed by atoms with Crippen molar-refractivity contribution in [2.75, 3.05) is 11.9 Å². The van der Waals surface area contributed by atoms with E-state index in [0.29, 0.717) is 12.5 Å². The van der Waals surface area contributed by atoms with E-state index in [4.69, 9.17) is 10.7 Å². The summed E-state index contributed by atoms with van der Waals surface area (Å²) in [5, 5.41) is 6.99. The van der Waals surface area contributed by atoms with Gasteiger partial charge in [-0.25, -0.2) is 9.97 Å². The van der Waals surface area contributed by atoms with Crippen LogP contribution in [-0.2, 0) is 0 Å². The molecule has 0 bridgehead atoms. The molecule has 1 aromatic carbocycles. The summed E-state index contributed by atoms with van der Waals surface area (Å²) in [6, 6.07) is 12.5. The van der Waals surface area contributed by atoms with Gasteiger partial charge < -0.3 is 21.3 Å². The fourth-order valence-corrected chi connectivity index (χ4v) is 3.70. The molecule has 4 rings (SSSR count). The second-order valence-corrected chi connectivity index (χ2v) is 7.01. The van der Waals surface area contributed by atoms with Crippen molar-refractivity contribution in [3.8, 4) is 0 Å². The van der Waals surface area contributed by atoms with Gasteiger partial charge in [0, 0.05) is 24.6 Å². The first-order chi connectivity index (χ1) is 13.7. The van der Waals surface area contributed by atoms with E-state index in [2.05, 4.69) is 77.0 Å². The van der Waals surface area contributed by atoms with Gasteiger partial charge in [-0.05, 0) is 42.7 Å². The topological polar surface area (TPSA) is 79.1 Å². The van der Waals surface area contributed by atoms with Gasteiger partial charge in [-0.3, -0.25) is 0 Å². The molecule has 2 unspecified atom stereocenters. The highest BCUT2D eigenvalue weighted by atomic mass is 15.3. The molecule has 0 saturated carbocycles. The van der Waals surface area contributed by atoms with Crippen LogP contribution in [-0.4, -0.2) is 27.6 Å². The number of nitrogens with zero attached hydrogens (tertiary/aromatic N) is 3. The summed E-state index contributed by atoms with van der Waals surface area (Å²) in [5.74, 6) is 0.635. The second-order valence-electron chi connectivity index (χ2n) is 7.01. The van der Waals surface area contributed by atoms with Crippen molar-refractivity contribution < 1.29 is 0 Å². The molecule has 144 valence electrons. The zero-order chi connectivity index (χ0) is 19.5. The van der Waals surface area contributed by atoms with E-state index in [1.165, 1.54) is 5.56 Å². The Morgan fingerprint density at radius 3 is 2.82 bits per heavy atom. The summed E-state index contributed by atoms with van der Waals surface area (Å²) >= 11 is 0. The predicted octanol–water partition coefficient (Wildman–Crippen LogP) is 3.37. The molecule has 6 heteroatoms. The second kappa shape index (κ2) is 7.86. The Kier molecular flexibility index (Phi) is 5.12. The molecule has 1 aromatic heterocycles. The van der Waals surface area contributed by atoms with Gasteiger partial charge in [0.05, 0.1) is 17.4 Å². The Morgan fingerprint density at radius 2 is 2.07 bits per heavy atom. The van der Waals surface area contributed by atoms with Crippen molar-refractivity contribution in [3.05, 3.63) is 83.5 Å². The molecule has 6 nitrogen and oxygen atoms in total. The summed E-state index contributed by atoms with van der Waals surface area (Å²) in [5.41, 5.74) is 11.2. The molecule has 3 heterocycles. The van der Waals surface area contributed by atoms with E-state index in [0.717, 1.165) is 29.1 Å². The maximum atomic E-state index is 5.79. The Labute approximate surface area is 165 Å². The molecular weight excluding hydrogens is 348 g/mol. The van der Waals surface area contributed by atoms with Gasteiger partial charge in [-0.2, -0.15) is 0 Å². The third-order valence-electron chi connectivity index (χ3n) is 5.15. The van der Waals surface area contributed by atoms with E-state index in [1.807, 2.05) is 18.3 Å². The van der Waals surface area contributed by atoms with Gasteiger partial charge in [0.1, 0.15) is 6.17 Å². The van der Waals surface area contributed by atoms with Crippen LogP contribution in [0.15, 0.2) is 72.2 Å². The first-order valence-electron chi connectivity index (χ1n) is 9.69. The highest BCUT2D eigenvalue weighted by Crippen LogP contribution is 2.32. The van der Waals surface area contributed by atoms with Gasteiger partial charge in [0.2, 0.25) is 5.95 Å². The van der Waals surface area contributed by atoms with Crippen LogP contribution in [0.5, 0.6) is 0 Å². The van der Waals surface area contributed by atoms with Crippen molar-refractivity contribution in [3.63, 3.8) is 0 Å². The monoisotopic (exact) mass is 374 g/mol. The third-order valence-corrected chi connectivity index (χ3v) is 5.15. The smallest absolute Gasteiger partial charge is 0.223 e. The maximum absolute atomic E-state index is 5.79.